The Labute approximate surface area is 158 Å². The van der Waals surface area contributed by atoms with E-state index in [-0.39, 0.29) is 5.97 Å². The monoisotopic (exact) mass is 362 g/mol. The number of ether oxygens (including phenoxy) is 1. The highest BCUT2D eigenvalue weighted by Crippen LogP contribution is 2.19. The fourth-order valence-electron chi connectivity index (χ4n) is 2.67. The molecule has 0 aliphatic carbocycles. The summed E-state index contributed by atoms with van der Waals surface area (Å²) in [5, 5.41) is 6.58. The van der Waals surface area contributed by atoms with Crippen LogP contribution in [0.3, 0.4) is 0 Å². The first-order chi connectivity index (χ1) is 13.0. The maximum Gasteiger partial charge on any atom is 0.337 e. The molecule has 3 aromatic rings. The lowest BCUT2D eigenvalue weighted by atomic mass is 10.1. The van der Waals surface area contributed by atoms with Gasteiger partial charge in [0, 0.05) is 18.3 Å². The summed E-state index contributed by atoms with van der Waals surface area (Å²) in [7, 11) is 1.36. The van der Waals surface area contributed by atoms with Crippen LogP contribution in [0.2, 0.25) is 0 Å². The highest BCUT2D eigenvalue weighted by molar-refractivity contribution is 5.89. The predicted octanol–water partition coefficient (Wildman–Crippen LogP) is 4.24. The van der Waals surface area contributed by atoms with Gasteiger partial charge in [0.2, 0.25) is 0 Å². The number of aromatic nitrogens is 2. The molecule has 0 bridgehead atoms. The van der Waals surface area contributed by atoms with Crippen LogP contribution in [-0.2, 0) is 11.3 Å². The van der Waals surface area contributed by atoms with Crippen molar-refractivity contribution in [2.75, 3.05) is 17.7 Å². The third kappa shape index (κ3) is 4.82. The van der Waals surface area contributed by atoms with E-state index < -0.39 is 0 Å². The number of anilines is 3. The quantitative estimate of drug-likeness (QED) is 0.639. The van der Waals surface area contributed by atoms with Gasteiger partial charge < -0.3 is 15.4 Å². The molecule has 0 aliphatic heterocycles. The molecule has 0 radical (unpaired) electrons. The van der Waals surface area contributed by atoms with Crippen LogP contribution in [0.15, 0.2) is 54.6 Å². The van der Waals surface area contributed by atoms with Gasteiger partial charge in [0.15, 0.2) is 0 Å². The predicted molar refractivity (Wildman–Crippen MR) is 106 cm³/mol. The number of nitrogens with zero attached hydrogens (tertiary/aromatic N) is 2. The van der Waals surface area contributed by atoms with Crippen LogP contribution in [0, 0.1) is 13.8 Å². The first kappa shape index (κ1) is 18.4. The Bertz CT molecular complexity index is 939. The molecule has 138 valence electrons. The average Bonchev–Trinajstić information content (AvgIpc) is 2.67. The summed E-state index contributed by atoms with van der Waals surface area (Å²) in [5.74, 6) is 1.74. The van der Waals surface area contributed by atoms with Crippen molar-refractivity contribution in [1.29, 1.82) is 0 Å². The molecule has 3 rings (SSSR count). The van der Waals surface area contributed by atoms with Crippen LogP contribution in [0.1, 0.15) is 27.3 Å². The molecule has 2 aromatic carbocycles. The summed E-state index contributed by atoms with van der Waals surface area (Å²) in [6, 6.07) is 17.1. The van der Waals surface area contributed by atoms with Crippen molar-refractivity contribution in [3.05, 3.63) is 77.1 Å². The van der Waals surface area contributed by atoms with Gasteiger partial charge in [-0.25, -0.2) is 14.8 Å². The number of rotatable bonds is 6. The van der Waals surface area contributed by atoms with Crippen LogP contribution in [0.4, 0.5) is 17.3 Å². The summed E-state index contributed by atoms with van der Waals surface area (Å²) in [6.07, 6.45) is 0. The number of benzene rings is 2. The minimum Gasteiger partial charge on any atom is -0.465 e. The minimum atomic E-state index is -0.359. The molecule has 1 heterocycles. The van der Waals surface area contributed by atoms with Crippen molar-refractivity contribution in [2.24, 2.45) is 0 Å². The van der Waals surface area contributed by atoms with Gasteiger partial charge in [-0.15, -0.1) is 0 Å². The summed E-state index contributed by atoms with van der Waals surface area (Å²) in [4.78, 5) is 20.4. The maximum absolute atomic E-state index is 11.5. The highest BCUT2D eigenvalue weighted by atomic mass is 16.5. The molecule has 6 heteroatoms. The third-order valence-corrected chi connectivity index (χ3v) is 4.14. The van der Waals surface area contributed by atoms with Gasteiger partial charge in [0.05, 0.1) is 12.7 Å². The van der Waals surface area contributed by atoms with Crippen molar-refractivity contribution >= 4 is 23.3 Å². The molecular formula is C21H22N4O2. The van der Waals surface area contributed by atoms with E-state index in [0.717, 1.165) is 11.5 Å². The van der Waals surface area contributed by atoms with Crippen LogP contribution in [-0.4, -0.2) is 23.0 Å². The van der Waals surface area contributed by atoms with Crippen LogP contribution in [0.5, 0.6) is 0 Å². The van der Waals surface area contributed by atoms with Crippen molar-refractivity contribution < 1.29 is 9.53 Å². The fourth-order valence-corrected chi connectivity index (χ4v) is 2.67. The van der Waals surface area contributed by atoms with Crippen LogP contribution in [0.25, 0.3) is 0 Å². The largest absolute Gasteiger partial charge is 0.465 e. The molecule has 2 N–H and O–H groups in total. The number of aryl methyl sites for hydroxylation is 2. The van der Waals surface area contributed by atoms with E-state index in [4.69, 9.17) is 4.74 Å². The van der Waals surface area contributed by atoms with E-state index >= 15 is 0 Å². The zero-order valence-electron chi connectivity index (χ0n) is 15.6. The molecule has 0 amide bonds. The smallest absolute Gasteiger partial charge is 0.337 e. The van der Waals surface area contributed by atoms with E-state index in [0.29, 0.717) is 23.8 Å². The Morgan fingerprint density at radius 1 is 1.00 bits per heavy atom. The molecule has 0 aliphatic rings. The Kier molecular flexibility index (Phi) is 5.66. The van der Waals surface area contributed by atoms with E-state index in [1.807, 2.05) is 37.3 Å². The lowest BCUT2D eigenvalue weighted by molar-refractivity contribution is 0.0601. The SMILES string of the molecule is COC(=O)c1ccc(Nc2cc(NCc3ccccc3C)nc(C)n2)cc1. The number of hydrogen-bond acceptors (Lipinski definition) is 6. The van der Waals surface area contributed by atoms with Crippen molar-refractivity contribution in [2.45, 2.75) is 20.4 Å². The maximum atomic E-state index is 11.5. The lowest BCUT2D eigenvalue weighted by Gasteiger charge is -2.11. The first-order valence-corrected chi connectivity index (χ1v) is 8.64. The third-order valence-electron chi connectivity index (χ3n) is 4.14. The van der Waals surface area contributed by atoms with Crippen molar-refractivity contribution in [3.63, 3.8) is 0 Å². The second-order valence-corrected chi connectivity index (χ2v) is 6.16. The van der Waals surface area contributed by atoms with E-state index in [2.05, 4.69) is 39.7 Å². The van der Waals surface area contributed by atoms with Gasteiger partial charge in [-0.05, 0) is 49.2 Å². The molecule has 0 atom stereocenters. The molecule has 0 fully saturated rings. The molecule has 0 saturated carbocycles. The van der Waals surface area contributed by atoms with Gasteiger partial charge in [-0.3, -0.25) is 0 Å². The summed E-state index contributed by atoms with van der Waals surface area (Å²) >= 11 is 0. The zero-order chi connectivity index (χ0) is 19.2. The van der Waals surface area contributed by atoms with Crippen LogP contribution >= 0.6 is 0 Å². The van der Waals surface area contributed by atoms with E-state index in [1.54, 1.807) is 12.1 Å². The van der Waals surface area contributed by atoms with Crippen LogP contribution < -0.4 is 10.6 Å². The second-order valence-electron chi connectivity index (χ2n) is 6.16. The number of methoxy groups -OCH3 is 1. The molecule has 6 nitrogen and oxygen atoms in total. The second kappa shape index (κ2) is 8.31. The number of nitrogens with one attached hydrogen (secondary N) is 2. The van der Waals surface area contributed by atoms with E-state index in [9.17, 15) is 4.79 Å². The van der Waals surface area contributed by atoms with Gasteiger partial charge in [-0.1, -0.05) is 24.3 Å². The Hall–Kier alpha value is -3.41. The summed E-state index contributed by atoms with van der Waals surface area (Å²) in [5.41, 5.74) is 3.79. The van der Waals surface area contributed by atoms with Gasteiger partial charge in [0.1, 0.15) is 17.5 Å². The molecule has 0 saturated heterocycles. The average molecular weight is 362 g/mol. The standard InChI is InChI=1S/C21H22N4O2/c1-14-6-4-5-7-17(14)13-22-19-12-20(24-15(2)23-19)25-18-10-8-16(9-11-18)21(26)27-3/h4-12H,13H2,1-3H3,(H2,22,23,24,25). The number of carbonyl (C=O) groups excluding carboxylic acids is 1. The topological polar surface area (TPSA) is 76.1 Å². The number of carbonyl (C=O) groups is 1. The molecule has 1 aromatic heterocycles. The molecule has 27 heavy (non-hydrogen) atoms. The number of esters is 1. The minimum absolute atomic E-state index is 0.359. The zero-order valence-corrected chi connectivity index (χ0v) is 15.6. The van der Waals surface area contributed by atoms with Gasteiger partial charge in [0.25, 0.3) is 0 Å². The van der Waals surface area contributed by atoms with Crippen molar-refractivity contribution in [3.8, 4) is 0 Å². The summed E-state index contributed by atoms with van der Waals surface area (Å²) in [6.45, 7) is 4.63. The Morgan fingerprint density at radius 2 is 1.70 bits per heavy atom. The number of hydrogen-bond donors (Lipinski definition) is 2. The summed E-state index contributed by atoms with van der Waals surface area (Å²) < 4.78 is 4.71. The Balaban J connectivity index is 1.71. The molecule has 0 spiro atoms. The normalized spacial score (nSPS) is 10.3. The van der Waals surface area contributed by atoms with Gasteiger partial charge in [-0.2, -0.15) is 0 Å². The molecule has 0 unspecified atom stereocenters. The highest BCUT2D eigenvalue weighted by Gasteiger charge is 2.06. The first-order valence-electron chi connectivity index (χ1n) is 8.64. The van der Waals surface area contributed by atoms with Gasteiger partial charge >= 0.3 is 5.97 Å². The molecular weight excluding hydrogens is 340 g/mol. The fraction of sp³-hybridized carbons (Fsp3) is 0.190. The van der Waals surface area contributed by atoms with E-state index in [1.165, 1.54) is 18.2 Å². The Morgan fingerprint density at radius 3 is 2.41 bits per heavy atom. The van der Waals surface area contributed by atoms with Crippen molar-refractivity contribution in [1.82, 2.24) is 9.97 Å². The lowest BCUT2D eigenvalue weighted by Crippen LogP contribution is -2.06.